The summed E-state index contributed by atoms with van der Waals surface area (Å²) >= 11 is 0. The van der Waals surface area contributed by atoms with E-state index in [0.29, 0.717) is 18.6 Å². The van der Waals surface area contributed by atoms with Crippen molar-refractivity contribution in [2.24, 2.45) is 5.10 Å². The Morgan fingerprint density at radius 1 is 1.00 bits per heavy atom. The van der Waals surface area contributed by atoms with Crippen LogP contribution in [0.15, 0.2) is 77.9 Å². The molecule has 0 aliphatic carbocycles. The minimum atomic E-state index is -0.989. The molecule has 1 heterocycles. The zero-order valence-electron chi connectivity index (χ0n) is 17.4. The molecule has 0 aromatic heterocycles. The smallest absolute Gasteiger partial charge is 0.338 e. The number of anilines is 1. The minimum absolute atomic E-state index is 0.182. The molecule has 1 atom stereocenters. The number of hydrogen-bond donors (Lipinski definition) is 1. The number of carboxylic acids is 1. The van der Waals surface area contributed by atoms with Crippen LogP contribution in [0, 0.1) is 5.82 Å². The first-order valence-corrected chi connectivity index (χ1v) is 10.2. The van der Waals surface area contributed by atoms with Crippen LogP contribution in [0.4, 0.5) is 10.1 Å². The summed E-state index contributed by atoms with van der Waals surface area (Å²) in [6.45, 7) is 2.05. The molecule has 0 saturated heterocycles. The lowest BCUT2D eigenvalue weighted by atomic mass is 9.97. The Labute approximate surface area is 184 Å². The Morgan fingerprint density at radius 2 is 1.62 bits per heavy atom. The van der Waals surface area contributed by atoms with Crippen molar-refractivity contribution >= 4 is 23.3 Å². The van der Waals surface area contributed by atoms with Crippen LogP contribution in [0.5, 0.6) is 0 Å². The number of carbonyl (C=O) groups excluding carboxylic acids is 1. The second-order valence-corrected chi connectivity index (χ2v) is 7.31. The molecule has 1 unspecified atom stereocenters. The predicted molar refractivity (Wildman–Crippen MR) is 119 cm³/mol. The van der Waals surface area contributed by atoms with Crippen molar-refractivity contribution in [3.8, 4) is 0 Å². The Bertz CT molecular complexity index is 1160. The Hall–Kier alpha value is -4.00. The summed E-state index contributed by atoms with van der Waals surface area (Å²) < 4.78 is 18.5. The SMILES string of the molecule is CCOC(=O)c1ccc(N2N=C(c3ccc(C(=O)O)cc3)CC2c2ccc(F)cc2)cc1. The highest BCUT2D eigenvalue weighted by atomic mass is 19.1. The number of benzene rings is 3. The largest absolute Gasteiger partial charge is 0.478 e. The molecule has 0 saturated carbocycles. The average Bonchev–Trinajstić information content (AvgIpc) is 3.25. The van der Waals surface area contributed by atoms with Gasteiger partial charge in [0.15, 0.2) is 0 Å². The lowest BCUT2D eigenvalue weighted by molar-refractivity contribution is 0.0526. The molecule has 0 amide bonds. The van der Waals surface area contributed by atoms with Crippen LogP contribution >= 0.6 is 0 Å². The molecule has 7 heteroatoms. The third-order valence-electron chi connectivity index (χ3n) is 5.27. The van der Waals surface area contributed by atoms with Gasteiger partial charge in [-0.15, -0.1) is 0 Å². The number of esters is 1. The number of hydrogen-bond acceptors (Lipinski definition) is 5. The summed E-state index contributed by atoms with van der Waals surface area (Å²) in [7, 11) is 0. The fraction of sp³-hybridized carbons (Fsp3) is 0.160. The minimum Gasteiger partial charge on any atom is -0.478 e. The van der Waals surface area contributed by atoms with Gasteiger partial charge in [0.1, 0.15) is 5.82 Å². The van der Waals surface area contributed by atoms with Gasteiger partial charge in [-0.1, -0.05) is 24.3 Å². The molecular weight excluding hydrogens is 411 g/mol. The van der Waals surface area contributed by atoms with Crippen LogP contribution in [-0.2, 0) is 4.74 Å². The topological polar surface area (TPSA) is 79.2 Å². The number of hydrazone groups is 1. The standard InChI is InChI=1S/C25H21FN2O4/c1-2-32-25(31)19-9-13-21(14-10-19)28-23(17-7-11-20(26)12-8-17)15-22(27-28)16-3-5-18(6-4-16)24(29)30/h3-14,23H,2,15H2,1H3,(H,29,30). The van der Waals surface area contributed by atoms with E-state index in [1.54, 1.807) is 67.6 Å². The van der Waals surface area contributed by atoms with Crippen LogP contribution < -0.4 is 5.01 Å². The van der Waals surface area contributed by atoms with E-state index in [9.17, 15) is 14.0 Å². The lowest BCUT2D eigenvalue weighted by Gasteiger charge is -2.24. The molecule has 0 spiro atoms. The first-order valence-electron chi connectivity index (χ1n) is 10.2. The number of carboxylic acid groups (broad SMARTS) is 1. The molecule has 1 aliphatic rings. The van der Waals surface area contributed by atoms with Crippen molar-refractivity contribution in [1.29, 1.82) is 0 Å². The fourth-order valence-corrected chi connectivity index (χ4v) is 3.64. The number of nitrogens with zero attached hydrogens (tertiary/aromatic N) is 2. The molecule has 0 radical (unpaired) electrons. The summed E-state index contributed by atoms with van der Waals surface area (Å²) in [6, 6.07) is 19.6. The van der Waals surface area contributed by atoms with Crippen LogP contribution in [0.1, 0.15) is 51.2 Å². The normalized spacial score (nSPS) is 15.4. The molecule has 0 fully saturated rings. The van der Waals surface area contributed by atoms with Crippen molar-refractivity contribution in [2.45, 2.75) is 19.4 Å². The third-order valence-corrected chi connectivity index (χ3v) is 5.27. The Kier molecular flexibility index (Phi) is 5.98. The number of halogens is 1. The summed E-state index contributed by atoms with van der Waals surface area (Å²) in [5.74, 6) is -1.70. The van der Waals surface area contributed by atoms with Gasteiger partial charge in [0, 0.05) is 6.42 Å². The van der Waals surface area contributed by atoms with Gasteiger partial charge in [-0.05, 0) is 66.6 Å². The summed E-state index contributed by atoms with van der Waals surface area (Å²) in [5.41, 5.74) is 3.90. The maximum atomic E-state index is 13.5. The molecule has 32 heavy (non-hydrogen) atoms. The molecule has 4 rings (SSSR count). The number of ether oxygens (including phenoxy) is 1. The molecule has 1 aliphatic heterocycles. The van der Waals surface area contributed by atoms with Gasteiger partial charge in [-0.2, -0.15) is 5.10 Å². The summed E-state index contributed by atoms with van der Waals surface area (Å²) in [6.07, 6.45) is 0.553. The Balaban J connectivity index is 1.68. The van der Waals surface area contributed by atoms with Crippen molar-refractivity contribution < 1.29 is 23.8 Å². The van der Waals surface area contributed by atoms with Gasteiger partial charge in [-0.25, -0.2) is 14.0 Å². The number of rotatable bonds is 6. The van der Waals surface area contributed by atoms with Gasteiger partial charge in [0.25, 0.3) is 0 Å². The van der Waals surface area contributed by atoms with E-state index in [-0.39, 0.29) is 17.4 Å². The number of carbonyl (C=O) groups is 2. The summed E-state index contributed by atoms with van der Waals surface area (Å²) in [4.78, 5) is 23.1. The molecule has 1 N–H and O–H groups in total. The number of aromatic carboxylic acids is 1. The fourth-order valence-electron chi connectivity index (χ4n) is 3.64. The lowest BCUT2D eigenvalue weighted by Crippen LogP contribution is -2.18. The van der Waals surface area contributed by atoms with Crippen molar-refractivity contribution in [3.05, 3.63) is 101 Å². The van der Waals surface area contributed by atoms with Crippen LogP contribution in [0.3, 0.4) is 0 Å². The maximum absolute atomic E-state index is 13.5. The van der Waals surface area contributed by atoms with Crippen molar-refractivity contribution in [3.63, 3.8) is 0 Å². The van der Waals surface area contributed by atoms with E-state index < -0.39 is 11.9 Å². The van der Waals surface area contributed by atoms with E-state index in [2.05, 4.69) is 0 Å². The first kappa shape index (κ1) is 21.2. The van der Waals surface area contributed by atoms with E-state index in [4.69, 9.17) is 14.9 Å². The average molecular weight is 432 g/mol. The van der Waals surface area contributed by atoms with Crippen molar-refractivity contribution in [2.75, 3.05) is 11.6 Å². The first-order chi connectivity index (χ1) is 15.5. The molecular formula is C25H21FN2O4. The van der Waals surface area contributed by atoms with E-state index >= 15 is 0 Å². The maximum Gasteiger partial charge on any atom is 0.338 e. The van der Waals surface area contributed by atoms with Gasteiger partial charge < -0.3 is 9.84 Å². The molecule has 162 valence electrons. The van der Waals surface area contributed by atoms with Gasteiger partial charge in [0.05, 0.1) is 35.2 Å². The van der Waals surface area contributed by atoms with E-state index in [0.717, 1.165) is 22.5 Å². The summed E-state index contributed by atoms with van der Waals surface area (Å²) in [5, 5.41) is 15.8. The van der Waals surface area contributed by atoms with E-state index in [1.165, 1.54) is 12.1 Å². The highest BCUT2D eigenvalue weighted by Crippen LogP contribution is 2.37. The predicted octanol–water partition coefficient (Wildman–Crippen LogP) is 5.06. The van der Waals surface area contributed by atoms with Crippen LogP contribution in [0.2, 0.25) is 0 Å². The second kappa shape index (κ2) is 9.01. The van der Waals surface area contributed by atoms with Crippen molar-refractivity contribution in [1.82, 2.24) is 0 Å². The quantitative estimate of drug-likeness (QED) is 0.551. The zero-order valence-corrected chi connectivity index (χ0v) is 17.4. The monoisotopic (exact) mass is 432 g/mol. The van der Waals surface area contributed by atoms with Crippen LogP contribution in [-0.4, -0.2) is 29.4 Å². The van der Waals surface area contributed by atoms with Gasteiger partial charge in [-0.3, -0.25) is 5.01 Å². The van der Waals surface area contributed by atoms with Gasteiger partial charge >= 0.3 is 11.9 Å². The van der Waals surface area contributed by atoms with Crippen LogP contribution in [0.25, 0.3) is 0 Å². The second-order valence-electron chi connectivity index (χ2n) is 7.31. The molecule has 3 aromatic carbocycles. The van der Waals surface area contributed by atoms with Gasteiger partial charge in [0.2, 0.25) is 0 Å². The zero-order chi connectivity index (χ0) is 22.7. The molecule has 6 nitrogen and oxygen atoms in total. The highest BCUT2D eigenvalue weighted by molar-refractivity contribution is 6.04. The van der Waals surface area contributed by atoms with E-state index in [1.807, 2.05) is 5.01 Å². The highest BCUT2D eigenvalue weighted by Gasteiger charge is 2.30. The molecule has 0 bridgehead atoms. The Morgan fingerprint density at radius 3 is 2.22 bits per heavy atom. The molecule has 3 aromatic rings. The third kappa shape index (κ3) is 4.37.